The molecule has 1 amide bonds. The van der Waals surface area contributed by atoms with E-state index in [1.165, 1.54) is 11.3 Å². The first-order chi connectivity index (χ1) is 11.7. The molecule has 0 bridgehead atoms. The quantitative estimate of drug-likeness (QED) is 0.709. The van der Waals surface area contributed by atoms with Crippen molar-refractivity contribution in [2.75, 3.05) is 13.1 Å². The van der Waals surface area contributed by atoms with Crippen LogP contribution >= 0.6 is 11.3 Å². The van der Waals surface area contributed by atoms with Crippen molar-refractivity contribution in [3.05, 3.63) is 58.0 Å². The molecule has 0 atom stereocenters. The zero-order valence-corrected chi connectivity index (χ0v) is 14.4. The Morgan fingerprint density at radius 1 is 1.25 bits per heavy atom. The minimum atomic E-state index is 0.166. The van der Waals surface area contributed by atoms with Gasteiger partial charge in [0.05, 0.1) is 4.88 Å². The zero-order valence-electron chi connectivity index (χ0n) is 13.6. The van der Waals surface area contributed by atoms with Gasteiger partial charge in [0.2, 0.25) is 0 Å². The molecular formula is C19H19N3OS. The van der Waals surface area contributed by atoms with E-state index in [1.807, 2.05) is 35.4 Å². The number of piperidine rings is 1. The predicted molar refractivity (Wildman–Crippen MR) is 96.5 cm³/mol. The molecule has 0 spiro atoms. The first kappa shape index (κ1) is 15.3. The Labute approximate surface area is 145 Å². The zero-order chi connectivity index (χ0) is 16.5. The van der Waals surface area contributed by atoms with Gasteiger partial charge in [0.15, 0.2) is 5.65 Å². The van der Waals surface area contributed by atoms with Gasteiger partial charge < -0.3 is 4.90 Å². The molecular weight excluding hydrogens is 318 g/mol. The molecule has 1 saturated heterocycles. The fourth-order valence-corrected chi connectivity index (χ4v) is 4.14. The maximum Gasteiger partial charge on any atom is 0.263 e. The number of likely N-dealkylation sites (tertiary alicyclic amines) is 1. The lowest BCUT2D eigenvalue weighted by Crippen LogP contribution is -2.37. The lowest BCUT2D eigenvalue weighted by molar-refractivity contribution is 0.0717. The van der Waals surface area contributed by atoms with Gasteiger partial charge >= 0.3 is 0 Å². The standard InChI is InChI=1S/C19H19N3OS/c1-13-11-17(24-12-13)19(23)22-9-6-14(7-10-22)16-5-4-15-3-2-8-20-18(15)21-16/h2-5,8,11-12,14H,6-7,9-10H2,1H3. The number of nitrogens with zero attached hydrogens (tertiary/aromatic N) is 3. The van der Waals surface area contributed by atoms with Crippen LogP contribution in [0.3, 0.4) is 0 Å². The Bertz CT molecular complexity index is 881. The summed E-state index contributed by atoms with van der Waals surface area (Å²) in [7, 11) is 0. The first-order valence-electron chi connectivity index (χ1n) is 8.27. The lowest BCUT2D eigenvalue weighted by atomic mass is 9.92. The third-order valence-electron chi connectivity index (χ3n) is 4.63. The van der Waals surface area contributed by atoms with Crippen LogP contribution in [0.2, 0.25) is 0 Å². The molecule has 4 heterocycles. The number of fused-ring (bicyclic) bond motifs is 1. The summed E-state index contributed by atoms with van der Waals surface area (Å²) < 4.78 is 0. The van der Waals surface area contributed by atoms with Crippen molar-refractivity contribution in [1.82, 2.24) is 14.9 Å². The Balaban J connectivity index is 1.46. The van der Waals surface area contributed by atoms with Gasteiger partial charge in [-0.3, -0.25) is 4.79 Å². The van der Waals surface area contributed by atoms with Gasteiger partial charge in [-0.05, 0) is 61.0 Å². The van der Waals surface area contributed by atoms with Crippen molar-refractivity contribution in [2.24, 2.45) is 0 Å². The van der Waals surface area contributed by atoms with E-state index < -0.39 is 0 Å². The topological polar surface area (TPSA) is 46.1 Å². The van der Waals surface area contributed by atoms with Crippen molar-refractivity contribution in [3.63, 3.8) is 0 Å². The Morgan fingerprint density at radius 3 is 2.83 bits per heavy atom. The van der Waals surface area contributed by atoms with Crippen LogP contribution in [0.4, 0.5) is 0 Å². The van der Waals surface area contributed by atoms with E-state index in [2.05, 4.69) is 17.1 Å². The Hall–Kier alpha value is -2.27. The normalized spacial score (nSPS) is 15.8. The van der Waals surface area contributed by atoms with E-state index in [4.69, 9.17) is 4.98 Å². The number of amides is 1. The summed E-state index contributed by atoms with van der Waals surface area (Å²) in [6.45, 7) is 3.61. The minimum absolute atomic E-state index is 0.166. The van der Waals surface area contributed by atoms with Crippen molar-refractivity contribution in [3.8, 4) is 0 Å². The second-order valence-corrected chi connectivity index (χ2v) is 7.25. The highest BCUT2D eigenvalue weighted by molar-refractivity contribution is 7.12. The summed E-state index contributed by atoms with van der Waals surface area (Å²) in [5, 5.41) is 3.10. The van der Waals surface area contributed by atoms with E-state index in [9.17, 15) is 4.79 Å². The summed E-state index contributed by atoms with van der Waals surface area (Å²) in [6, 6.07) is 10.1. The van der Waals surface area contributed by atoms with E-state index in [1.54, 1.807) is 6.20 Å². The van der Waals surface area contributed by atoms with Gasteiger partial charge in [0.1, 0.15) is 0 Å². The molecule has 1 aliphatic heterocycles. The SMILES string of the molecule is Cc1csc(C(=O)N2CCC(c3ccc4cccnc4n3)CC2)c1. The van der Waals surface area contributed by atoms with Gasteiger partial charge in [-0.25, -0.2) is 9.97 Å². The molecule has 24 heavy (non-hydrogen) atoms. The summed E-state index contributed by atoms with van der Waals surface area (Å²) >= 11 is 1.54. The van der Waals surface area contributed by atoms with E-state index >= 15 is 0 Å². The van der Waals surface area contributed by atoms with Crippen molar-refractivity contribution >= 4 is 28.3 Å². The van der Waals surface area contributed by atoms with Crippen molar-refractivity contribution in [2.45, 2.75) is 25.7 Å². The molecule has 0 aliphatic carbocycles. The van der Waals surface area contributed by atoms with Crippen LogP contribution in [0.1, 0.15) is 39.7 Å². The summed E-state index contributed by atoms with van der Waals surface area (Å²) in [4.78, 5) is 24.4. The molecule has 3 aromatic heterocycles. The maximum atomic E-state index is 12.5. The van der Waals surface area contributed by atoms with Gasteiger partial charge in [0.25, 0.3) is 5.91 Å². The molecule has 0 saturated carbocycles. The number of hydrogen-bond donors (Lipinski definition) is 0. The number of thiophene rings is 1. The average molecular weight is 337 g/mol. The second kappa shape index (κ2) is 6.32. The van der Waals surface area contributed by atoms with Crippen LogP contribution in [0.25, 0.3) is 11.0 Å². The number of pyridine rings is 2. The summed E-state index contributed by atoms with van der Waals surface area (Å²) in [5.41, 5.74) is 3.06. The number of hydrogen-bond acceptors (Lipinski definition) is 4. The van der Waals surface area contributed by atoms with Gasteiger partial charge in [-0.15, -0.1) is 11.3 Å². The van der Waals surface area contributed by atoms with Crippen LogP contribution < -0.4 is 0 Å². The molecule has 122 valence electrons. The number of carbonyl (C=O) groups excluding carboxylic acids is 1. The first-order valence-corrected chi connectivity index (χ1v) is 9.15. The number of aryl methyl sites for hydroxylation is 1. The molecule has 1 aliphatic rings. The van der Waals surface area contributed by atoms with Crippen LogP contribution in [-0.2, 0) is 0 Å². The van der Waals surface area contributed by atoms with Crippen molar-refractivity contribution in [1.29, 1.82) is 0 Å². The van der Waals surface area contributed by atoms with E-state index in [0.717, 1.165) is 53.1 Å². The summed E-state index contributed by atoms with van der Waals surface area (Å²) in [6.07, 6.45) is 3.70. The largest absolute Gasteiger partial charge is 0.338 e. The fraction of sp³-hybridized carbons (Fsp3) is 0.316. The van der Waals surface area contributed by atoms with Gasteiger partial charge in [0, 0.05) is 36.3 Å². The smallest absolute Gasteiger partial charge is 0.263 e. The van der Waals surface area contributed by atoms with Gasteiger partial charge in [-0.1, -0.05) is 0 Å². The number of carbonyl (C=O) groups is 1. The maximum absolute atomic E-state index is 12.5. The third kappa shape index (κ3) is 2.91. The lowest BCUT2D eigenvalue weighted by Gasteiger charge is -2.31. The minimum Gasteiger partial charge on any atom is -0.338 e. The van der Waals surface area contributed by atoms with Crippen LogP contribution in [0.5, 0.6) is 0 Å². The molecule has 4 nitrogen and oxygen atoms in total. The van der Waals surface area contributed by atoms with Crippen LogP contribution in [0.15, 0.2) is 41.9 Å². The predicted octanol–water partition coefficient (Wildman–Crippen LogP) is 4.02. The molecule has 0 aromatic carbocycles. The number of rotatable bonds is 2. The summed E-state index contributed by atoms with van der Waals surface area (Å²) in [5.74, 6) is 0.574. The molecule has 5 heteroatoms. The molecule has 0 radical (unpaired) electrons. The molecule has 1 fully saturated rings. The van der Waals surface area contributed by atoms with Crippen LogP contribution in [0, 0.1) is 6.92 Å². The van der Waals surface area contributed by atoms with E-state index in [-0.39, 0.29) is 5.91 Å². The Morgan fingerprint density at radius 2 is 2.08 bits per heavy atom. The molecule has 3 aromatic rings. The second-order valence-electron chi connectivity index (χ2n) is 6.34. The monoisotopic (exact) mass is 337 g/mol. The number of aromatic nitrogens is 2. The highest BCUT2D eigenvalue weighted by atomic mass is 32.1. The third-order valence-corrected chi connectivity index (χ3v) is 5.66. The molecule has 4 rings (SSSR count). The van der Waals surface area contributed by atoms with Crippen LogP contribution in [-0.4, -0.2) is 33.9 Å². The molecule has 0 unspecified atom stereocenters. The van der Waals surface area contributed by atoms with Crippen molar-refractivity contribution < 1.29 is 4.79 Å². The Kier molecular flexibility index (Phi) is 4.02. The van der Waals surface area contributed by atoms with E-state index in [0.29, 0.717) is 5.92 Å². The highest BCUT2D eigenvalue weighted by Crippen LogP contribution is 2.29. The average Bonchev–Trinajstić information content (AvgIpc) is 3.07. The van der Waals surface area contributed by atoms with Gasteiger partial charge in [-0.2, -0.15) is 0 Å². The highest BCUT2D eigenvalue weighted by Gasteiger charge is 2.26. The fourth-order valence-electron chi connectivity index (χ4n) is 3.27. The molecule has 0 N–H and O–H groups in total.